The van der Waals surface area contributed by atoms with Crippen LogP contribution >= 0.6 is 11.8 Å². The zero-order valence-electron chi connectivity index (χ0n) is 10.1. The fourth-order valence-corrected chi connectivity index (χ4v) is 3.09. The number of halogens is 1. The number of hydrogen-bond donors (Lipinski definition) is 3. The highest BCUT2D eigenvalue weighted by Crippen LogP contribution is 2.25. The Labute approximate surface area is 114 Å². The SMILES string of the molecule is N/C(=N/O)c1cc(F)ccc1NC(=O)C1CCSC1. The lowest BCUT2D eigenvalue weighted by molar-refractivity contribution is -0.119. The molecule has 0 bridgehead atoms. The first-order valence-corrected chi connectivity index (χ1v) is 6.93. The Kier molecular flexibility index (Phi) is 4.26. The van der Waals surface area contributed by atoms with E-state index in [1.165, 1.54) is 12.1 Å². The minimum Gasteiger partial charge on any atom is -0.409 e. The van der Waals surface area contributed by atoms with Crippen LogP contribution in [-0.4, -0.2) is 28.5 Å². The zero-order chi connectivity index (χ0) is 13.8. The molecule has 5 nitrogen and oxygen atoms in total. The monoisotopic (exact) mass is 283 g/mol. The molecule has 102 valence electrons. The number of rotatable bonds is 3. The number of thioether (sulfide) groups is 1. The maximum absolute atomic E-state index is 13.2. The van der Waals surface area contributed by atoms with Crippen molar-refractivity contribution >= 4 is 29.2 Å². The minimum absolute atomic E-state index is 0.0461. The maximum atomic E-state index is 13.2. The van der Waals surface area contributed by atoms with Gasteiger partial charge in [-0.25, -0.2) is 4.39 Å². The summed E-state index contributed by atoms with van der Waals surface area (Å²) in [5.41, 5.74) is 5.99. The van der Waals surface area contributed by atoms with Crippen molar-refractivity contribution in [2.75, 3.05) is 16.8 Å². The largest absolute Gasteiger partial charge is 0.409 e. The van der Waals surface area contributed by atoms with Crippen molar-refractivity contribution in [1.82, 2.24) is 0 Å². The first-order valence-electron chi connectivity index (χ1n) is 5.78. The number of carbonyl (C=O) groups is 1. The molecule has 1 atom stereocenters. The van der Waals surface area contributed by atoms with Crippen LogP contribution in [0.15, 0.2) is 23.4 Å². The first-order chi connectivity index (χ1) is 9.11. The van der Waals surface area contributed by atoms with Crippen molar-refractivity contribution in [1.29, 1.82) is 0 Å². The first kappa shape index (κ1) is 13.7. The van der Waals surface area contributed by atoms with Gasteiger partial charge in [0.15, 0.2) is 5.84 Å². The van der Waals surface area contributed by atoms with Gasteiger partial charge >= 0.3 is 0 Å². The molecule has 1 aliphatic heterocycles. The zero-order valence-corrected chi connectivity index (χ0v) is 10.9. The average molecular weight is 283 g/mol. The Bertz CT molecular complexity index is 516. The third-order valence-electron chi connectivity index (χ3n) is 2.92. The third-order valence-corrected chi connectivity index (χ3v) is 4.09. The lowest BCUT2D eigenvalue weighted by Crippen LogP contribution is -2.25. The van der Waals surface area contributed by atoms with E-state index in [0.717, 1.165) is 24.0 Å². The number of hydrogen-bond acceptors (Lipinski definition) is 4. The van der Waals surface area contributed by atoms with E-state index in [4.69, 9.17) is 10.9 Å². The number of nitrogens with zero attached hydrogens (tertiary/aromatic N) is 1. The van der Waals surface area contributed by atoms with Crippen LogP contribution in [0, 0.1) is 11.7 Å². The van der Waals surface area contributed by atoms with Crippen LogP contribution < -0.4 is 11.1 Å². The van der Waals surface area contributed by atoms with Gasteiger partial charge in [-0.2, -0.15) is 11.8 Å². The van der Waals surface area contributed by atoms with E-state index >= 15 is 0 Å². The van der Waals surface area contributed by atoms with Gasteiger partial charge in [0, 0.05) is 17.2 Å². The predicted molar refractivity (Wildman–Crippen MR) is 73.0 cm³/mol. The van der Waals surface area contributed by atoms with E-state index in [1.807, 2.05) is 0 Å². The van der Waals surface area contributed by atoms with Gasteiger partial charge in [0.25, 0.3) is 0 Å². The molecule has 4 N–H and O–H groups in total. The van der Waals surface area contributed by atoms with Gasteiger partial charge in [-0.1, -0.05) is 5.16 Å². The molecule has 0 saturated carbocycles. The summed E-state index contributed by atoms with van der Waals surface area (Å²) < 4.78 is 13.2. The number of nitrogens with two attached hydrogens (primary N) is 1. The standard InChI is InChI=1S/C12H14FN3O2S/c13-8-1-2-10(9(5-8)11(14)16-18)15-12(17)7-3-4-19-6-7/h1-2,5,7,18H,3-4,6H2,(H2,14,16)(H,15,17). The molecule has 0 aliphatic carbocycles. The van der Waals surface area contributed by atoms with E-state index < -0.39 is 5.82 Å². The molecule has 2 rings (SSSR count). The number of nitrogens with one attached hydrogen (secondary N) is 1. The number of amides is 1. The summed E-state index contributed by atoms with van der Waals surface area (Å²) in [5, 5.41) is 14.2. The number of oxime groups is 1. The number of amidine groups is 1. The van der Waals surface area contributed by atoms with Crippen molar-refractivity contribution in [2.24, 2.45) is 16.8 Å². The van der Waals surface area contributed by atoms with Gasteiger partial charge in [-0.3, -0.25) is 4.79 Å². The van der Waals surface area contributed by atoms with Crippen molar-refractivity contribution in [2.45, 2.75) is 6.42 Å². The second-order valence-electron chi connectivity index (χ2n) is 4.22. The number of carbonyl (C=O) groups excluding carboxylic acids is 1. The highest BCUT2D eigenvalue weighted by atomic mass is 32.2. The Morgan fingerprint density at radius 1 is 1.58 bits per heavy atom. The van der Waals surface area contributed by atoms with Crippen LogP contribution in [0.1, 0.15) is 12.0 Å². The molecule has 1 fully saturated rings. The normalized spacial score (nSPS) is 19.4. The second-order valence-corrected chi connectivity index (χ2v) is 5.37. The fraction of sp³-hybridized carbons (Fsp3) is 0.333. The van der Waals surface area contributed by atoms with Gasteiger partial charge in [-0.15, -0.1) is 0 Å². The van der Waals surface area contributed by atoms with Gasteiger partial charge < -0.3 is 16.3 Å². The molecule has 1 heterocycles. The summed E-state index contributed by atoms with van der Waals surface area (Å²) in [6.45, 7) is 0. The third kappa shape index (κ3) is 3.17. The average Bonchev–Trinajstić information content (AvgIpc) is 2.94. The molecule has 0 radical (unpaired) electrons. The molecule has 1 aromatic rings. The molecular weight excluding hydrogens is 269 g/mol. The molecule has 1 amide bonds. The maximum Gasteiger partial charge on any atom is 0.228 e. The highest BCUT2D eigenvalue weighted by Gasteiger charge is 2.24. The van der Waals surface area contributed by atoms with Crippen LogP contribution in [0.5, 0.6) is 0 Å². The molecule has 0 spiro atoms. The van der Waals surface area contributed by atoms with Crippen LogP contribution in [0.2, 0.25) is 0 Å². The molecular formula is C12H14FN3O2S. The summed E-state index contributed by atoms with van der Waals surface area (Å²) in [5.74, 6) is 0.825. The molecule has 1 aromatic carbocycles. The topological polar surface area (TPSA) is 87.7 Å². The second kappa shape index (κ2) is 5.92. The Balaban J connectivity index is 2.21. The summed E-state index contributed by atoms with van der Waals surface area (Å²) >= 11 is 1.73. The van der Waals surface area contributed by atoms with Gasteiger partial charge in [0.1, 0.15) is 5.82 Å². The van der Waals surface area contributed by atoms with Crippen molar-refractivity contribution < 1.29 is 14.4 Å². The summed E-state index contributed by atoms with van der Waals surface area (Å²) in [6, 6.07) is 3.74. The van der Waals surface area contributed by atoms with Gasteiger partial charge in [0.05, 0.1) is 5.69 Å². The van der Waals surface area contributed by atoms with Crippen molar-refractivity contribution in [3.8, 4) is 0 Å². The number of benzene rings is 1. The van der Waals surface area contributed by atoms with E-state index in [0.29, 0.717) is 5.69 Å². The van der Waals surface area contributed by atoms with Crippen molar-refractivity contribution in [3.05, 3.63) is 29.6 Å². The molecule has 19 heavy (non-hydrogen) atoms. The lowest BCUT2D eigenvalue weighted by atomic mass is 10.1. The minimum atomic E-state index is -0.518. The molecule has 0 aromatic heterocycles. The Morgan fingerprint density at radius 2 is 2.37 bits per heavy atom. The van der Waals surface area contributed by atoms with E-state index in [-0.39, 0.29) is 23.2 Å². The summed E-state index contributed by atoms with van der Waals surface area (Å²) in [6.07, 6.45) is 0.830. The van der Waals surface area contributed by atoms with Crippen LogP contribution in [0.25, 0.3) is 0 Å². The number of anilines is 1. The Morgan fingerprint density at radius 3 is 3.00 bits per heavy atom. The van der Waals surface area contributed by atoms with Gasteiger partial charge in [0.2, 0.25) is 5.91 Å². The summed E-state index contributed by atoms with van der Waals surface area (Å²) in [7, 11) is 0. The van der Waals surface area contributed by atoms with E-state index in [2.05, 4.69) is 10.5 Å². The summed E-state index contributed by atoms with van der Waals surface area (Å²) in [4.78, 5) is 12.0. The van der Waals surface area contributed by atoms with E-state index in [1.54, 1.807) is 11.8 Å². The Hall–Kier alpha value is -1.76. The highest BCUT2D eigenvalue weighted by molar-refractivity contribution is 7.99. The van der Waals surface area contributed by atoms with Gasteiger partial charge in [-0.05, 0) is 30.4 Å². The predicted octanol–water partition coefficient (Wildman–Crippen LogP) is 1.61. The molecule has 1 saturated heterocycles. The fourth-order valence-electron chi connectivity index (χ4n) is 1.87. The van der Waals surface area contributed by atoms with Crippen LogP contribution in [0.3, 0.4) is 0 Å². The van der Waals surface area contributed by atoms with Crippen LogP contribution in [0.4, 0.5) is 10.1 Å². The van der Waals surface area contributed by atoms with Crippen LogP contribution in [-0.2, 0) is 4.79 Å². The lowest BCUT2D eigenvalue weighted by Gasteiger charge is -2.13. The quantitative estimate of drug-likeness (QED) is 0.340. The molecule has 1 aliphatic rings. The molecule has 7 heteroatoms. The van der Waals surface area contributed by atoms with E-state index in [9.17, 15) is 9.18 Å². The van der Waals surface area contributed by atoms with Crippen molar-refractivity contribution in [3.63, 3.8) is 0 Å². The smallest absolute Gasteiger partial charge is 0.228 e. The molecule has 1 unspecified atom stereocenters.